The van der Waals surface area contributed by atoms with Gasteiger partial charge in [0, 0.05) is 44.1 Å². The summed E-state index contributed by atoms with van der Waals surface area (Å²) in [6.07, 6.45) is 2.68. The van der Waals surface area contributed by atoms with Gasteiger partial charge in [-0.3, -0.25) is 14.2 Å². The van der Waals surface area contributed by atoms with E-state index in [0.717, 1.165) is 40.3 Å². The monoisotopic (exact) mass is 545 g/mol. The maximum absolute atomic E-state index is 11.3. The molecule has 5 rings (SSSR count). The molecule has 2 heterocycles. The molecule has 0 aliphatic carbocycles. The largest absolute Gasteiger partial charge is 0.497 e. The van der Waals surface area contributed by atoms with Gasteiger partial charge >= 0.3 is 5.97 Å². The van der Waals surface area contributed by atoms with Gasteiger partial charge in [0.2, 0.25) is 6.29 Å². The van der Waals surface area contributed by atoms with Crippen LogP contribution in [0.4, 0.5) is 5.69 Å². The number of hydrogen-bond donors (Lipinski definition) is 3. The fraction of sp³-hybridized carbons (Fsp3) is 0.406. The van der Waals surface area contributed by atoms with E-state index in [1.54, 1.807) is 7.11 Å². The molecule has 2 unspecified atom stereocenters. The van der Waals surface area contributed by atoms with Gasteiger partial charge in [0.15, 0.2) is 0 Å². The number of rotatable bonds is 12. The molecule has 3 N–H and O–H groups in total. The van der Waals surface area contributed by atoms with E-state index in [1.165, 1.54) is 31.5 Å². The van der Waals surface area contributed by atoms with Crippen LogP contribution in [0.1, 0.15) is 29.9 Å². The molecule has 0 radical (unpaired) electrons. The SMILES string of the molecule is COc1ccc(C2CNC(Nc3ccc(OCCN(CC(=O)O)Cc4ccccc4)cc3)[N+]3(CCCC3)C2)cc1. The first-order valence-electron chi connectivity index (χ1n) is 14.2. The quantitative estimate of drug-likeness (QED) is 0.292. The fourth-order valence-electron chi connectivity index (χ4n) is 6.09. The topological polar surface area (TPSA) is 83.1 Å². The van der Waals surface area contributed by atoms with E-state index in [9.17, 15) is 9.90 Å². The van der Waals surface area contributed by atoms with Crippen LogP contribution < -0.4 is 20.1 Å². The van der Waals surface area contributed by atoms with Gasteiger partial charge in [-0.2, -0.15) is 0 Å². The maximum atomic E-state index is 11.3. The average Bonchev–Trinajstić information content (AvgIpc) is 3.44. The Kier molecular flexibility index (Phi) is 9.21. The van der Waals surface area contributed by atoms with E-state index >= 15 is 0 Å². The lowest BCUT2D eigenvalue weighted by molar-refractivity contribution is -0.945. The highest BCUT2D eigenvalue weighted by Gasteiger charge is 2.45. The van der Waals surface area contributed by atoms with Crippen LogP contribution in [0.3, 0.4) is 0 Å². The molecular formula is C32H41N4O4+. The van der Waals surface area contributed by atoms with Gasteiger partial charge in [-0.05, 0) is 47.5 Å². The molecule has 2 aliphatic heterocycles. The van der Waals surface area contributed by atoms with Crippen molar-refractivity contribution < 1.29 is 23.9 Å². The van der Waals surface area contributed by atoms with Gasteiger partial charge < -0.3 is 19.9 Å². The molecule has 2 fully saturated rings. The van der Waals surface area contributed by atoms with Gasteiger partial charge in [0.05, 0.1) is 33.3 Å². The smallest absolute Gasteiger partial charge is 0.317 e. The van der Waals surface area contributed by atoms with Crippen molar-refractivity contribution in [1.82, 2.24) is 10.2 Å². The Morgan fingerprint density at radius 1 is 1.00 bits per heavy atom. The molecule has 0 amide bonds. The first-order chi connectivity index (χ1) is 19.5. The number of methoxy groups -OCH3 is 1. The zero-order valence-corrected chi connectivity index (χ0v) is 23.3. The third kappa shape index (κ3) is 7.13. The summed E-state index contributed by atoms with van der Waals surface area (Å²) in [4.78, 5) is 13.2. The number of ether oxygens (including phenoxy) is 2. The first-order valence-corrected chi connectivity index (χ1v) is 14.2. The van der Waals surface area contributed by atoms with Crippen molar-refractivity contribution in [2.24, 2.45) is 0 Å². The third-order valence-corrected chi connectivity index (χ3v) is 8.18. The molecule has 2 atom stereocenters. The number of carboxylic acids is 1. The summed E-state index contributed by atoms with van der Waals surface area (Å²) in [5.41, 5.74) is 3.52. The predicted octanol–water partition coefficient (Wildman–Crippen LogP) is 4.35. The highest BCUT2D eigenvalue weighted by molar-refractivity contribution is 5.69. The first kappa shape index (κ1) is 28.0. The number of carbonyl (C=O) groups is 1. The Morgan fingerprint density at radius 3 is 2.38 bits per heavy atom. The van der Waals surface area contributed by atoms with E-state index in [4.69, 9.17) is 9.47 Å². The van der Waals surface area contributed by atoms with Crippen molar-refractivity contribution in [3.05, 3.63) is 90.0 Å². The minimum atomic E-state index is -0.837. The molecule has 2 aliphatic rings. The molecule has 8 nitrogen and oxygen atoms in total. The molecule has 0 aromatic heterocycles. The van der Waals surface area contributed by atoms with Crippen LogP contribution in [-0.4, -0.2) is 79.7 Å². The van der Waals surface area contributed by atoms with Crippen LogP contribution in [0.25, 0.3) is 0 Å². The summed E-state index contributed by atoms with van der Waals surface area (Å²) in [6.45, 7) is 5.91. The van der Waals surface area contributed by atoms with Crippen LogP contribution in [0.15, 0.2) is 78.9 Å². The second-order valence-corrected chi connectivity index (χ2v) is 10.9. The number of anilines is 1. The van der Waals surface area contributed by atoms with Crippen molar-refractivity contribution in [1.29, 1.82) is 0 Å². The van der Waals surface area contributed by atoms with Gasteiger partial charge in [-0.25, -0.2) is 5.32 Å². The standard InChI is InChI=1S/C32H40N4O4/c1-39-29-13-9-26(10-14-29)27-21-33-32(36(24-27)18-5-6-19-36)34-28-11-15-30(16-12-28)40-20-17-35(23-31(37)38)22-25-7-3-2-4-8-25/h2-4,7-16,27,32-34H,5-6,17-24H2,1H3/p+1. The summed E-state index contributed by atoms with van der Waals surface area (Å²) in [6, 6.07) is 26.5. The number of aliphatic carboxylic acids is 1. The normalized spacial score (nSPS) is 19.9. The van der Waals surface area contributed by atoms with Gasteiger partial charge in [-0.15, -0.1) is 0 Å². The third-order valence-electron chi connectivity index (χ3n) is 8.18. The molecule has 0 bridgehead atoms. The lowest BCUT2D eigenvalue weighted by Gasteiger charge is -2.48. The predicted molar refractivity (Wildman–Crippen MR) is 157 cm³/mol. The molecule has 8 heteroatoms. The molecule has 40 heavy (non-hydrogen) atoms. The highest BCUT2D eigenvalue weighted by Crippen LogP contribution is 2.33. The van der Waals surface area contributed by atoms with Crippen LogP contribution >= 0.6 is 0 Å². The lowest BCUT2D eigenvalue weighted by Crippen LogP contribution is -2.68. The Hall–Kier alpha value is -3.59. The van der Waals surface area contributed by atoms with E-state index in [0.29, 0.717) is 25.6 Å². The summed E-state index contributed by atoms with van der Waals surface area (Å²) in [5.74, 6) is 1.31. The number of hydrogen-bond acceptors (Lipinski definition) is 6. The number of nitrogens with zero attached hydrogens (tertiary/aromatic N) is 2. The minimum Gasteiger partial charge on any atom is -0.497 e. The number of carboxylic acid groups (broad SMARTS) is 1. The van der Waals surface area contributed by atoms with Crippen LogP contribution in [0.5, 0.6) is 11.5 Å². The van der Waals surface area contributed by atoms with Crippen LogP contribution in [0, 0.1) is 0 Å². The van der Waals surface area contributed by atoms with Crippen molar-refractivity contribution >= 4 is 11.7 Å². The van der Waals surface area contributed by atoms with Crippen molar-refractivity contribution in [2.45, 2.75) is 31.6 Å². The van der Waals surface area contributed by atoms with Crippen molar-refractivity contribution in [3.8, 4) is 11.5 Å². The second kappa shape index (κ2) is 13.2. The van der Waals surface area contributed by atoms with Crippen molar-refractivity contribution in [3.63, 3.8) is 0 Å². The van der Waals surface area contributed by atoms with Gasteiger partial charge in [0.1, 0.15) is 18.1 Å². The van der Waals surface area contributed by atoms with E-state index < -0.39 is 5.97 Å². The van der Waals surface area contributed by atoms with Crippen LogP contribution in [0.2, 0.25) is 0 Å². The number of quaternary nitrogens is 1. The molecule has 2 saturated heterocycles. The zero-order valence-electron chi connectivity index (χ0n) is 23.3. The second-order valence-electron chi connectivity index (χ2n) is 10.9. The minimum absolute atomic E-state index is 0.0190. The average molecular weight is 546 g/mol. The van der Waals surface area contributed by atoms with E-state index in [1.807, 2.05) is 47.4 Å². The Labute approximate surface area is 237 Å². The van der Waals surface area contributed by atoms with Crippen molar-refractivity contribution in [2.75, 3.05) is 58.3 Å². The molecule has 1 spiro atoms. The Bertz CT molecular complexity index is 1210. The summed E-state index contributed by atoms with van der Waals surface area (Å²) in [5, 5.41) is 16.9. The van der Waals surface area contributed by atoms with Gasteiger partial charge in [0.25, 0.3) is 0 Å². The number of benzene rings is 3. The van der Waals surface area contributed by atoms with E-state index in [2.05, 4.69) is 47.0 Å². The molecular weight excluding hydrogens is 504 g/mol. The molecule has 0 saturated carbocycles. The fourth-order valence-corrected chi connectivity index (χ4v) is 6.09. The van der Waals surface area contributed by atoms with E-state index in [-0.39, 0.29) is 12.8 Å². The van der Waals surface area contributed by atoms with Crippen LogP contribution in [-0.2, 0) is 11.3 Å². The number of nitrogens with one attached hydrogen (secondary N) is 2. The summed E-state index contributed by atoms with van der Waals surface area (Å²) < 4.78 is 12.4. The lowest BCUT2D eigenvalue weighted by atomic mass is 9.95. The summed E-state index contributed by atoms with van der Waals surface area (Å²) >= 11 is 0. The molecule has 212 valence electrons. The van der Waals surface area contributed by atoms with Gasteiger partial charge in [-0.1, -0.05) is 42.5 Å². The summed E-state index contributed by atoms with van der Waals surface area (Å²) in [7, 11) is 1.71. The zero-order chi connectivity index (χ0) is 27.8. The highest BCUT2D eigenvalue weighted by atomic mass is 16.5. The Balaban J connectivity index is 1.15. The molecule has 3 aromatic rings. The Morgan fingerprint density at radius 2 is 1.70 bits per heavy atom. The molecule has 3 aromatic carbocycles. The maximum Gasteiger partial charge on any atom is 0.317 e.